The number of benzene rings is 2. The van der Waals surface area contributed by atoms with Crippen molar-refractivity contribution in [2.45, 2.75) is 32.4 Å². The van der Waals surface area contributed by atoms with Crippen LogP contribution in [0.4, 0.5) is 11.4 Å². The van der Waals surface area contributed by atoms with Crippen LogP contribution >= 0.6 is 39.7 Å². The minimum atomic E-state index is -0.242. The smallest absolute Gasteiger partial charge is 0.174 e. The Labute approximate surface area is 248 Å². The van der Waals surface area contributed by atoms with Gasteiger partial charge in [-0.15, -0.1) is 0 Å². The number of halogens is 2. The monoisotopic (exact) mass is 620 g/mol. The average Bonchev–Trinajstić information content (AvgIpc) is 3.53. The number of hydrogen-bond acceptors (Lipinski definition) is 4. The number of piperidine rings is 1. The Morgan fingerprint density at radius 2 is 1.77 bits per heavy atom. The maximum Gasteiger partial charge on any atom is 0.174 e. The topological polar surface area (TPSA) is 44.5 Å². The van der Waals surface area contributed by atoms with Gasteiger partial charge in [-0.25, -0.2) is 0 Å². The molecule has 4 atom stereocenters. The fourth-order valence-electron chi connectivity index (χ4n) is 5.96. The van der Waals surface area contributed by atoms with Crippen molar-refractivity contribution in [3.63, 3.8) is 0 Å². The molecule has 1 N–H and O–H groups in total. The second-order valence-corrected chi connectivity index (χ2v) is 12.4. The van der Waals surface area contributed by atoms with Crippen molar-refractivity contribution in [2.24, 2.45) is 11.8 Å². The van der Waals surface area contributed by atoms with Crippen LogP contribution in [0.1, 0.15) is 43.8 Å². The van der Waals surface area contributed by atoms with Crippen LogP contribution < -0.4 is 15.1 Å². The van der Waals surface area contributed by atoms with E-state index in [1.54, 1.807) is 6.20 Å². The summed E-state index contributed by atoms with van der Waals surface area (Å²) in [6.07, 6.45) is 3.06. The maximum atomic E-state index is 6.96. The van der Waals surface area contributed by atoms with Crippen molar-refractivity contribution in [2.75, 3.05) is 22.9 Å². The highest BCUT2D eigenvalue weighted by Crippen LogP contribution is 2.44. The number of hydrogen-bond donors (Lipinski definition) is 1. The standard InChI is InChI=1S/C31H30BrClN4OS/c1-19-15-20(2)18-36(17-19)26-11-10-23(16-24(26)33)37-30(29(35-31(37)39)25-5-3-4-14-34-25)28-13-12-27(38-28)21-6-8-22(32)9-7-21/h3-14,16,19-20,29-30H,15,17-18H2,1-2H3,(H,35,39)/t19-,20+,29-,30+/m0/s1. The van der Waals surface area contributed by atoms with Crippen LogP contribution in [-0.2, 0) is 0 Å². The molecule has 200 valence electrons. The highest BCUT2D eigenvalue weighted by molar-refractivity contribution is 9.10. The molecule has 0 aliphatic carbocycles. The molecule has 2 fully saturated rings. The van der Waals surface area contributed by atoms with Gasteiger partial charge in [-0.3, -0.25) is 4.98 Å². The van der Waals surface area contributed by atoms with Gasteiger partial charge in [0.1, 0.15) is 17.6 Å². The number of pyridine rings is 1. The SMILES string of the molecule is C[C@@H]1C[C@H](C)CN(c2ccc(N3C(=S)N[C@@H](c4ccccn4)[C@H]3c3ccc(-c4ccc(Br)cc4)o3)cc2Cl)C1. The summed E-state index contributed by atoms with van der Waals surface area (Å²) < 4.78 is 7.52. The van der Waals surface area contributed by atoms with Gasteiger partial charge in [0.2, 0.25) is 0 Å². The number of aromatic nitrogens is 1. The van der Waals surface area contributed by atoms with Gasteiger partial charge < -0.3 is 19.5 Å². The van der Waals surface area contributed by atoms with Crippen molar-refractivity contribution in [1.29, 1.82) is 0 Å². The Kier molecular flexibility index (Phi) is 7.40. The van der Waals surface area contributed by atoms with E-state index >= 15 is 0 Å². The van der Waals surface area contributed by atoms with Gasteiger partial charge in [-0.2, -0.15) is 0 Å². The minimum Gasteiger partial charge on any atom is -0.459 e. The summed E-state index contributed by atoms with van der Waals surface area (Å²) in [4.78, 5) is 9.17. The summed E-state index contributed by atoms with van der Waals surface area (Å²) in [6, 6.07) is 23.9. The molecule has 2 aromatic carbocycles. The fourth-order valence-corrected chi connectivity index (χ4v) is 6.87. The third-order valence-corrected chi connectivity index (χ3v) is 8.71. The fraction of sp³-hybridized carbons (Fsp3) is 0.290. The number of nitrogens with zero attached hydrogens (tertiary/aromatic N) is 3. The zero-order chi connectivity index (χ0) is 27.1. The second kappa shape index (κ2) is 11.0. The number of rotatable bonds is 5. The Bertz CT molecular complexity index is 1470. The first-order valence-corrected chi connectivity index (χ1v) is 14.9. The third-order valence-electron chi connectivity index (χ3n) is 7.56. The van der Waals surface area contributed by atoms with Gasteiger partial charge in [0, 0.05) is 35.0 Å². The van der Waals surface area contributed by atoms with Crippen molar-refractivity contribution in [3.8, 4) is 11.3 Å². The molecule has 4 aromatic rings. The van der Waals surface area contributed by atoms with Crippen molar-refractivity contribution in [1.82, 2.24) is 10.3 Å². The van der Waals surface area contributed by atoms with Gasteiger partial charge >= 0.3 is 0 Å². The van der Waals surface area contributed by atoms with Gasteiger partial charge in [0.25, 0.3) is 0 Å². The normalized spacial score (nSPS) is 23.2. The van der Waals surface area contributed by atoms with E-state index < -0.39 is 0 Å². The molecule has 5 nitrogen and oxygen atoms in total. The quantitative estimate of drug-likeness (QED) is 0.226. The first-order chi connectivity index (χ1) is 18.9. The molecule has 8 heteroatoms. The predicted molar refractivity (Wildman–Crippen MR) is 166 cm³/mol. The molecule has 2 aromatic heterocycles. The molecule has 39 heavy (non-hydrogen) atoms. The molecule has 0 radical (unpaired) electrons. The molecule has 0 amide bonds. The Morgan fingerprint density at radius 3 is 2.46 bits per heavy atom. The summed E-state index contributed by atoms with van der Waals surface area (Å²) in [6.45, 7) is 6.66. The van der Waals surface area contributed by atoms with Crippen molar-refractivity contribution < 1.29 is 4.42 Å². The summed E-state index contributed by atoms with van der Waals surface area (Å²) in [5.41, 5.74) is 3.90. The first-order valence-electron chi connectivity index (χ1n) is 13.3. The second-order valence-electron chi connectivity index (χ2n) is 10.7. The molecule has 0 unspecified atom stereocenters. The van der Waals surface area contributed by atoms with E-state index in [0.29, 0.717) is 16.9 Å². The molecule has 2 saturated heterocycles. The van der Waals surface area contributed by atoms with Crippen LogP contribution in [0.2, 0.25) is 5.02 Å². The Morgan fingerprint density at radius 1 is 1.00 bits per heavy atom. The van der Waals surface area contributed by atoms with Gasteiger partial charge in [0.05, 0.1) is 22.4 Å². The lowest BCUT2D eigenvalue weighted by Crippen LogP contribution is -2.38. The molecule has 0 bridgehead atoms. The summed E-state index contributed by atoms with van der Waals surface area (Å²) in [5, 5.41) is 4.85. The lowest BCUT2D eigenvalue weighted by Gasteiger charge is -2.37. The lowest BCUT2D eigenvalue weighted by molar-refractivity contribution is 0.357. The van der Waals surface area contributed by atoms with E-state index in [-0.39, 0.29) is 12.1 Å². The molecule has 2 aliphatic rings. The average molecular weight is 622 g/mol. The van der Waals surface area contributed by atoms with E-state index in [0.717, 1.165) is 56.7 Å². The number of thiocarbonyl (C=S) groups is 1. The van der Waals surface area contributed by atoms with Crippen LogP contribution in [-0.4, -0.2) is 23.2 Å². The van der Waals surface area contributed by atoms with E-state index in [2.05, 4.69) is 62.0 Å². The highest BCUT2D eigenvalue weighted by Gasteiger charge is 2.43. The zero-order valence-electron chi connectivity index (χ0n) is 21.9. The number of furan rings is 1. The number of nitrogens with one attached hydrogen (secondary N) is 1. The molecule has 6 rings (SSSR count). The van der Waals surface area contributed by atoms with Gasteiger partial charge in [-0.05, 0) is 85.1 Å². The third kappa shape index (κ3) is 5.32. The largest absolute Gasteiger partial charge is 0.459 e. The van der Waals surface area contributed by atoms with Crippen LogP contribution in [0.3, 0.4) is 0 Å². The van der Waals surface area contributed by atoms with Crippen LogP contribution in [0.5, 0.6) is 0 Å². The summed E-state index contributed by atoms with van der Waals surface area (Å²) >= 11 is 16.4. The van der Waals surface area contributed by atoms with Crippen LogP contribution in [0.15, 0.2) is 87.9 Å². The highest BCUT2D eigenvalue weighted by atomic mass is 79.9. The lowest BCUT2D eigenvalue weighted by atomic mass is 9.91. The van der Waals surface area contributed by atoms with Crippen LogP contribution in [0.25, 0.3) is 11.3 Å². The molecule has 4 heterocycles. The molecule has 0 spiro atoms. The first kappa shape index (κ1) is 26.4. The van der Waals surface area contributed by atoms with Crippen LogP contribution in [0, 0.1) is 11.8 Å². The summed E-state index contributed by atoms with van der Waals surface area (Å²) in [5.74, 6) is 2.89. The summed E-state index contributed by atoms with van der Waals surface area (Å²) in [7, 11) is 0. The molecular formula is C31H30BrClN4OS. The van der Waals surface area contributed by atoms with E-state index in [4.69, 9.17) is 28.2 Å². The Hall–Kier alpha value is -2.87. The van der Waals surface area contributed by atoms with Gasteiger partial charge in [-0.1, -0.05) is 59.6 Å². The maximum absolute atomic E-state index is 6.96. The van der Waals surface area contributed by atoms with Crippen molar-refractivity contribution in [3.05, 3.63) is 99.9 Å². The van der Waals surface area contributed by atoms with Gasteiger partial charge in [0.15, 0.2) is 5.11 Å². The minimum absolute atomic E-state index is 0.190. The molecule has 0 saturated carbocycles. The van der Waals surface area contributed by atoms with E-state index in [9.17, 15) is 0 Å². The van der Waals surface area contributed by atoms with E-state index in [1.165, 1.54) is 6.42 Å². The zero-order valence-corrected chi connectivity index (χ0v) is 25.0. The predicted octanol–water partition coefficient (Wildman–Crippen LogP) is 8.42. The molecular weight excluding hydrogens is 592 g/mol. The Balaban J connectivity index is 1.38. The molecule has 2 aliphatic heterocycles. The number of anilines is 2. The van der Waals surface area contributed by atoms with E-state index in [1.807, 2.05) is 60.7 Å². The van der Waals surface area contributed by atoms with Crippen molar-refractivity contribution >= 4 is 56.2 Å².